The minimum absolute atomic E-state index is 0.00640. The van der Waals surface area contributed by atoms with Crippen LogP contribution in [0.1, 0.15) is 18.2 Å². The smallest absolute Gasteiger partial charge is 0.243 e. The summed E-state index contributed by atoms with van der Waals surface area (Å²) >= 11 is 0. The summed E-state index contributed by atoms with van der Waals surface area (Å²) in [5.41, 5.74) is 3.43. The molecule has 0 unspecified atom stereocenters. The van der Waals surface area contributed by atoms with Crippen LogP contribution in [-0.4, -0.2) is 38.3 Å². The van der Waals surface area contributed by atoms with E-state index in [0.29, 0.717) is 12.4 Å². The highest BCUT2D eigenvalue weighted by Crippen LogP contribution is 2.21. The zero-order chi connectivity index (χ0) is 17.8. The Bertz CT molecular complexity index is 911. The van der Waals surface area contributed by atoms with Crippen molar-refractivity contribution in [2.24, 2.45) is 0 Å². The number of aryl methyl sites for hydroxylation is 1. The van der Waals surface area contributed by atoms with Gasteiger partial charge in [-0.3, -0.25) is 9.59 Å². The Hall–Kier alpha value is -3.16. The number of aromatic nitrogens is 4. The van der Waals surface area contributed by atoms with E-state index < -0.39 is 0 Å². The van der Waals surface area contributed by atoms with Crippen molar-refractivity contribution in [3.05, 3.63) is 41.7 Å². The van der Waals surface area contributed by atoms with Crippen molar-refractivity contribution in [2.75, 3.05) is 11.9 Å². The van der Waals surface area contributed by atoms with Gasteiger partial charge in [-0.2, -0.15) is 9.90 Å². The van der Waals surface area contributed by atoms with Gasteiger partial charge in [-0.05, 0) is 25.0 Å². The number of hydrogen-bond acceptors (Lipinski definition) is 4. The van der Waals surface area contributed by atoms with Crippen LogP contribution < -0.4 is 10.6 Å². The van der Waals surface area contributed by atoms with Crippen molar-refractivity contribution in [1.29, 1.82) is 0 Å². The maximum absolute atomic E-state index is 12.0. The molecule has 25 heavy (non-hydrogen) atoms. The second-order valence-electron chi connectivity index (χ2n) is 5.82. The van der Waals surface area contributed by atoms with E-state index in [1.165, 1.54) is 28.9 Å². The highest BCUT2D eigenvalue weighted by Gasteiger charge is 2.10. The average molecular weight is 340 g/mol. The Balaban J connectivity index is 1.53. The normalized spacial score (nSPS) is 10.8. The van der Waals surface area contributed by atoms with Crippen molar-refractivity contribution >= 4 is 28.5 Å². The van der Waals surface area contributed by atoms with E-state index >= 15 is 0 Å². The number of rotatable bonds is 6. The summed E-state index contributed by atoms with van der Waals surface area (Å²) in [5, 5.41) is 14.5. The summed E-state index contributed by atoms with van der Waals surface area (Å²) in [6, 6.07) is 8.12. The fraction of sp³-hybridized carbons (Fsp3) is 0.294. The highest BCUT2D eigenvalue weighted by molar-refractivity contribution is 5.87. The first-order valence-corrected chi connectivity index (χ1v) is 8.03. The van der Waals surface area contributed by atoms with Gasteiger partial charge >= 0.3 is 0 Å². The maximum atomic E-state index is 12.0. The largest absolute Gasteiger partial charge is 0.358 e. The molecule has 130 valence electrons. The quantitative estimate of drug-likeness (QED) is 0.630. The lowest BCUT2D eigenvalue weighted by Crippen LogP contribution is -2.30. The molecule has 3 aromatic rings. The van der Waals surface area contributed by atoms with Crippen molar-refractivity contribution in [2.45, 2.75) is 26.8 Å². The molecule has 2 amide bonds. The van der Waals surface area contributed by atoms with Gasteiger partial charge in [-0.15, -0.1) is 5.10 Å². The van der Waals surface area contributed by atoms with Gasteiger partial charge in [0.15, 0.2) is 5.82 Å². The van der Waals surface area contributed by atoms with Crippen molar-refractivity contribution in [1.82, 2.24) is 25.3 Å². The summed E-state index contributed by atoms with van der Waals surface area (Å²) in [5.74, 6) is -0.0808. The molecule has 0 aliphatic carbocycles. The van der Waals surface area contributed by atoms with Gasteiger partial charge in [0.1, 0.15) is 6.54 Å². The average Bonchev–Trinajstić information content (AvgIpc) is 3.11. The molecule has 0 aliphatic rings. The first-order chi connectivity index (χ1) is 12.0. The zero-order valence-electron chi connectivity index (χ0n) is 14.2. The van der Waals surface area contributed by atoms with Gasteiger partial charge in [-0.25, -0.2) is 0 Å². The van der Waals surface area contributed by atoms with Gasteiger partial charge in [-0.1, -0.05) is 18.2 Å². The Labute approximate surface area is 144 Å². The lowest BCUT2D eigenvalue weighted by molar-refractivity contribution is -0.122. The number of nitrogens with one attached hydrogen (secondary N) is 3. The summed E-state index contributed by atoms with van der Waals surface area (Å²) in [7, 11) is 0. The van der Waals surface area contributed by atoms with Crippen LogP contribution in [0.3, 0.4) is 0 Å². The molecule has 8 nitrogen and oxygen atoms in total. The molecule has 0 saturated carbocycles. The number of carbonyl (C=O) groups is 2. The lowest BCUT2D eigenvalue weighted by Gasteiger charge is -2.05. The molecule has 0 spiro atoms. The Morgan fingerprint density at radius 1 is 1.28 bits per heavy atom. The first-order valence-electron chi connectivity index (χ1n) is 8.03. The van der Waals surface area contributed by atoms with Gasteiger partial charge in [0.25, 0.3) is 0 Å². The molecular formula is C17H20N6O2. The molecule has 3 rings (SSSR count). The van der Waals surface area contributed by atoms with E-state index in [0.717, 1.165) is 17.6 Å². The first kappa shape index (κ1) is 16.7. The molecule has 0 aliphatic heterocycles. The van der Waals surface area contributed by atoms with Crippen molar-refractivity contribution < 1.29 is 9.59 Å². The van der Waals surface area contributed by atoms with E-state index in [-0.39, 0.29) is 18.4 Å². The summed E-state index contributed by atoms with van der Waals surface area (Å²) in [6.07, 6.45) is 2.15. The van der Waals surface area contributed by atoms with Crippen LogP contribution in [-0.2, 0) is 22.6 Å². The third kappa shape index (κ3) is 4.03. The van der Waals surface area contributed by atoms with E-state index in [4.69, 9.17) is 0 Å². The summed E-state index contributed by atoms with van der Waals surface area (Å²) in [4.78, 5) is 27.6. The fourth-order valence-corrected chi connectivity index (χ4v) is 2.78. The van der Waals surface area contributed by atoms with Gasteiger partial charge < -0.3 is 15.6 Å². The monoisotopic (exact) mass is 340 g/mol. The minimum atomic E-state index is -0.231. The number of nitrogens with zero attached hydrogens (tertiary/aromatic N) is 3. The van der Waals surface area contributed by atoms with Gasteiger partial charge in [0.05, 0.1) is 6.20 Å². The Morgan fingerprint density at radius 3 is 2.88 bits per heavy atom. The predicted octanol–water partition coefficient (Wildman–Crippen LogP) is 1.39. The molecule has 0 radical (unpaired) electrons. The molecule has 1 aromatic carbocycles. The number of anilines is 1. The predicted molar refractivity (Wildman–Crippen MR) is 94.1 cm³/mol. The number of benzene rings is 1. The number of amides is 2. The highest BCUT2D eigenvalue weighted by atomic mass is 16.2. The van der Waals surface area contributed by atoms with E-state index in [2.05, 4.69) is 31.9 Å². The van der Waals surface area contributed by atoms with Crippen LogP contribution in [0.5, 0.6) is 0 Å². The molecular weight excluding hydrogens is 320 g/mol. The maximum Gasteiger partial charge on any atom is 0.243 e. The fourth-order valence-electron chi connectivity index (χ4n) is 2.78. The molecule has 2 heterocycles. The molecule has 8 heteroatoms. The second kappa shape index (κ2) is 7.16. The number of fused-ring (bicyclic) bond motifs is 1. The second-order valence-corrected chi connectivity index (χ2v) is 5.82. The van der Waals surface area contributed by atoms with Crippen LogP contribution >= 0.6 is 0 Å². The molecule has 2 aromatic heterocycles. The van der Waals surface area contributed by atoms with Crippen LogP contribution in [0.4, 0.5) is 5.82 Å². The van der Waals surface area contributed by atoms with E-state index in [9.17, 15) is 9.59 Å². The number of H-pyrrole nitrogens is 1. The molecule has 0 atom stereocenters. The SMILES string of the molecule is CC(=O)Nc1cnn(CC(=O)NCCc2c(C)[nH]c3ccccc23)n1. The van der Waals surface area contributed by atoms with Crippen molar-refractivity contribution in [3.63, 3.8) is 0 Å². The third-order valence-corrected chi connectivity index (χ3v) is 3.85. The number of carbonyl (C=O) groups excluding carboxylic acids is 2. The van der Waals surface area contributed by atoms with E-state index in [1.807, 2.05) is 25.1 Å². The van der Waals surface area contributed by atoms with Gasteiger partial charge in [0.2, 0.25) is 11.8 Å². The van der Waals surface area contributed by atoms with Crippen LogP contribution in [0, 0.1) is 6.92 Å². The van der Waals surface area contributed by atoms with Crippen LogP contribution in [0.2, 0.25) is 0 Å². The summed E-state index contributed by atoms with van der Waals surface area (Å²) in [6.45, 7) is 3.96. The molecule has 0 saturated heterocycles. The minimum Gasteiger partial charge on any atom is -0.358 e. The topological polar surface area (TPSA) is 105 Å². The standard InChI is InChI=1S/C17H20N6O2/c1-11-13(14-5-3-4-6-15(14)20-11)7-8-18-17(25)10-23-19-9-16(22-23)21-12(2)24/h3-6,9,20H,7-8,10H2,1-2H3,(H,18,25)(H,21,22,24). The van der Waals surface area contributed by atoms with E-state index in [1.54, 1.807) is 0 Å². The van der Waals surface area contributed by atoms with Crippen molar-refractivity contribution in [3.8, 4) is 0 Å². The summed E-state index contributed by atoms with van der Waals surface area (Å²) < 4.78 is 0. The van der Waals surface area contributed by atoms with Crippen LogP contribution in [0.15, 0.2) is 30.5 Å². The lowest BCUT2D eigenvalue weighted by atomic mass is 10.1. The third-order valence-electron chi connectivity index (χ3n) is 3.85. The molecule has 0 fully saturated rings. The Kier molecular flexibility index (Phi) is 4.78. The molecule has 0 bridgehead atoms. The number of hydrogen-bond donors (Lipinski definition) is 3. The van der Waals surface area contributed by atoms with Gasteiger partial charge in [0, 0.05) is 30.1 Å². The number of aromatic amines is 1. The number of para-hydroxylation sites is 1. The zero-order valence-corrected chi connectivity index (χ0v) is 14.2. The van der Waals surface area contributed by atoms with Crippen LogP contribution in [0.25, 0.3) is 10.9 Å². The molecule has 3 N–H and O–H groups in total. The Morgan fingerprint density at radius 2 is 2.08 bits per heavy atom.